The monoisotopic (exact) mass is 663 g/mol. The van der Waals surface area contributed by atoms with Gasteiger partial charge in [-0.25, -0.2) is 8.42 Å². The van der Waals surface area contributed by atoms with E-state index < -0.39 is 28.5 Å². The molecule has 0 saturated heterocycles. The number of hydrogen-bond donors (Lipinski definition) is 1. The Balaban J connectivity index is 1.83. The van der Waals surface area contributed by atoms with Gasteiger partial charge in [0.1, 0.15) is 12.6 Å². The summed E-state index contributed by atoms with van der Waals surface area (Å²) in [5, 5.41) is 3.35. The minimum atomic E-state index is -4.26. The van der Waals surface area contributed by atoms with Crippen LogP contribution < -0.4 is 19.1 Å². The van der Waals surface area contributed by atoms with Crippen molar-refractivity contribution in [3.8, 4) is 11.5 Å². The van der Waals surface area contributed by atoms with Crippen LogP contribution in [0.3, 0.4) is 0 Å². The molecule has 1 atom stereocenters. The number of carbonyl (C=O) groups is 2. The van der Waals surface area contributed by atoms with Gasteiger partial charge in [0.15, 0.2) is 11.5 Å². The summed E-state index contributed by atoms with van der Waals surface area (Å²) >= 11 is 6.55. The second kappa shape index (κ2) is 16.1. The van der Waals surface area contributed by atoms with E-state index in [1.807, 2.05) is 37.3 Å². The second-order valence-electron chi connectivity index (χ2n) is 10.5. The summed E-state index contributed by atoms with van der Waals surface area (Å²) in [5.41, 5.74) is 1.63. The number of ether oxygens (including phenoxy) is 2. The number of carbonyl (C=O) groups excluding carboxylic acids is 2. The van der Waals surface area contributed by atoms with E-state index in [0.717, 1.165) is 9.87 Å². The van der Waals surface area contributed by atoms with Crippen LogP contribution in [0.1, 0.15) is 24.5 Å². The minimum Gasteiger partial charge on any atom is -0.493 e. The molecule has 242 valence electrons. The van der Waals surface area contributed by atoms with E-state index in [0.29, 0.717) is 29.3 Å². The number of nitrogens with zero attached hydrogens (tertiary/aromatic N) is 2. The van der Waals surface area contributed by atoms with Crippen molar-refractivity contribution < 1.29 is 27.5 Å². The van der Waals surface area contributed by atoms with Crippen LogP contribution >= 0.6 is 11.6 Å². The highest BCUT2D eigenvalue weighted by Crippen LogP contribution is 2.34. The normalized spacial score (nSPS) is 11.7. The molecule has 0 heterocycles. The molecule has 0 unspecified atom stereocenters. The van der Waals surface area contributed by atoms with E-state index in [9.17, 15) is 18.0 Å². The minimum absolute atomic E-state index is 0.00300. The van der Waals surface area contributed by atoms with Crippen molar-refractivity contribution in [1.82, 2.24) is 10.2 Å². The van der Waals surface area contributed by atoms with Crippen molar-refractivity contribution in [2.45, 2.75) is 37.2 Å². The summed E-state index contributed by atoms with van der Waals surface area (Å²) in [6, 6.07) is 27.9. The number of hydrogen-bond acceptors (Lipinski definition) is 6. The van der Waals surface area contributed by atoms with Gasteiger partial charge in [-0.2, -0.15) is 0 Å². The molecule has 0 bridgehead atoms. The number of sulfonamides is 1. The first-order valence-electron chi connectivity index (χ1n) is 14.8. The highest BCUT2D eigenvalue weighted by Gasteiger charge is 2.35. The van der Waals surface area contributed by atoms with Gasteiger partial charge in [-0.05, 0) is 47.9 Å². The molecule has 0 radical (unpaired) electrons. The molecule has 0 aliphatic heterocycles. The number of anilines is 1. The molecule has 0 saturated carbocycles. The summed E-state index contributed by atoms with van der Waals surface area (Å²) in [6.45, 7) is 1.72. The van der Waals surface area contributed by atoms with Gasteiger partial charge in [-0.1, -0.05) is 85.3 Å². The first-order chi connectivity index (χ1) is 22.2. The fraction of sp³-hybridized carbons (Fsp3) is 0.257. The van der Waals surface area contributed by atoms with Crippen molar-refractivity contribution in [3.63, 3.8) is 0 Å². The summed E-state index contributed by atoms with van der Waals surface area (Å²) < 4.78 is 40.2. The average Bonchev–Trinajstić information content (AvgIpc) is 3.08. The van der Waals surface area contributed by atoms with Crippen molar-refractivity contribution in [2.24, 2.45) is 0 Å². The maximum atomic E-state index is 14.5. The lowest BCUT2D eigenvalue weighted by atomic mass is 10.0. The number of halogens is 1. The lowest BCUT2D eigenvalue weighted by Crippen LogP contribution is -2.53. The van der Waals surface area contributed by atoms with Crippen LogP contribution in [-0.4, -0.2) is 58.5 Å². The van der Waals surface area contributed by atoms with E-state index in [4.69, 9.17) is 21.1 Å². The predicted molar refractivity (Wildman–Crippen MR) is 180 cm³/mol. The summed E-state index contributed by atoms with van der Waals surface area (Å²) in [4.78, 5) is 29.7. The maximum Gasteiger partial charge on any atom is 0.264 e. The molecule has 0 aromatic heterocycles. The highest BCUT2D eigenvalue weighted by atomic mass is 35.5. The average molecular weight is 664 g/mol. The Labute approximate surface area is 275 Å². The van der Waals surface area contributed by atoms with Crippen molar-refractivity contribution >= 4 is 39.1 Å². The Kier molecular flexibility index (Phi) is 12.1. The molecular formula is C35H38ClN3O6S. The molecular weight excluding hydrogens is 626 g/mol. The van der Waals surface area contributed by atoms with Crippen LogP contribution in [0.25, 0.3) is 0 Å². The van der Waals surface area contributed by atoms with E-state index in [2.05, 4.69) is 5.32 Å². The van der Waals surface area contributed by atoms with Crippen LogP contribution in [0.15, 0.2) is 108 Å². The van der Waals surface area contributed by atoms with Gasteiger partial charge in [0.25, 0.3) is 10.0 Å². The number of rotatable bonds is 15. The lowest BCUT2D eigenvalue weighted by Gasteiger charge is -2.34. The molecule has 0 spiro atoms. The van der Waals surface area contributed by atoms with Crippen molar-refractivity contribution in [2.75, 3.05) is 31.6 Å². The van der Waals surface area contributed by atoms with E-state index >= 15 is 0 Å². The Hall–Kier alpha value is -4.54. The Bertz CT molecular complexity index is 1720. The smallest absolute Gasteiger partial charge is 0.264 e. The zero-order valence-corrected chi connectivity index (χ0v) is 27.6. The van der Waals surface area contributed by atoms with Gasteiger partial charge < -0.3 is 19.7 Å². The number of methoxy groups -OCH3 is 2. The van der Waals surface area contributed by atoms with Gasteiger partial charge >= 0.3 is 0 Å². The Morgan fingerprint density at radius 2 is 1.48 bits per heavy atom. The molecule has 4 rings (SSSR count). The van der Waals surface area contributed by atoms with Crippen LogP contribution in [0.5, 0.6) is 11.5 Å². The Morgan fingerprint density at radius 1 is 0.848 bits per heavy atom. The SMILES string of the molecule is CCCNC(=O)[C@@H](Cc1ccccc1)N(Cc1ccccc1Cl)C(=O)CN(c1ccc(OC)c(OC)c1)S(=O)(=O)c1ccccc1. The largest absolute Gasteiger partial charge is 0.493 e. The first-order valence-corrected chi connectivity index (χ1v) is 16.7. The molecule has 46 heavy (non-hydrogen) atoms. The second-order valence-corrected chi connectivity index (χ2v) is 12.7. The maximum absolute atomic E-state index is 14.5. The third kappa shape index (κ3) is 8.38. The molecule has 9 nitrogen and oxygen atoms in total. The predicted octanol–water partition coefficient (Wildman–Crippen LogP) is 5.72. The van der Waals surface area contributed by atoms with Crippen LogP contribution in [0, 0.1) is 0 Å². The summed E-state index contributed by atoms with van der Waals surface area (Å²) in [5.74, 6) is -0.267. The zero-order chi connectivity index (χ0) is 33.1. The standard InChI is InChI=1S/C35H38ClN3O6S/c1-4-21-37-35(41)31(22-26-13-7-5-8-14-26)38(24-27-15-11-12-18-30(27)36)34(40)25-39(46(42,43)29-16-9-6-10-17-29)28-19-20-32(44-2)33(23-28)45-3/h5-20,23,31H,4,21-22,24-25H2,1-3H3,(H,37,41)/t31-/m1/s1. The molecule has 4 aromatic carbocycles. The molecule has 1 N–H and O–H groups in total. The van der Waals surface area contributed by atoms with Crippen LogP contribution in [-0.2, 0) is 32.6 Å². The summed E-state index contributed by atoms with van der Waals surface area (Å²) in [6.07, 6.45) is 0.902. The molecule has 11 heteroatoms. The van der Waals surface area contributed by atoms with Gasteiger partial charge in [0.2, 0.25) is 11.8 Å². The topological polar surface area (TPSA) is 105 Å². The summed E-state index contributed by atoms with van der Waals surface area (Å²) in [7, 11) is -1.35. The van der Waals surface area contributed by atoms with Gasteiger partial charge in [-0.15, -0.1) is 0 Å². The van der Waals surface area contributed by atoms with Gasteiger partial charge in [-0.3, -0.25) is 13.9 Å². The molecule has 0 fully saturated rings. The zero-order valence-electron chi connectivity index (χ0n) is 26.1. The third-order valence-corrected chi connectivity index (χ3v) is 9.54. The fourth-order valence-corrected chi connectivity index (χ4v) is 6.58. The Morgan fingerprint density at radius 3 is 2.11 bits per heavy atom. The molecule has 4 aromatic rings. The quantitative estimate of drug-likeness (QED) is 0.175. The first kappa shape index (κ1) is 34.3. The molecule has 0 aliphatic rings. The number of nitrogens with one attached hydrogen (secondary N) is 1. The fourth-order valence-electron chi connectivity index (χ4n) is 4.96. The third-order valence-electron chi connectivity index (χ3n) is 7.38. The lowest BCUT2D eigenvalue weighted by molar-refractivity contribution is -0.140. The molecule has 0 aliphatic carbocycles. The van der Waals surface area contributed by atoms with Gasteiger partial charge in [0, 0.05) is 30.6 Å². The van der Waals surface area contributed by atoms with Crippen LogP contribution in [0.4, 0.5) is 5.69 Å². The van der Waals surface area contributed by atoms with Crippen LogP contribution in [0.2, 0.25) is 5.02 Å². The van der Waals surface area contributed by atoms with E-state index in [1.54, 1.807) is 54.6 Å². The highest BCUT2D eigenvalue weighted by molar-refractivity contribution is 7.92. The van der Waals surface area contributed by atoms with E-state index in [1.165, 1.54) is 37.3 Å². The van der Waals surface area contributed by atoms with E-state index in [-0.39, 0.29) is 35.2 Å². The number of amides is 2. The van der Waals surface area contributed by atoms with Crippen molar-refractivity contribution in [3.05, 3.63) is 119 Å². The number of benzene rings is 4. The molecule has 2 amide bonds. The van der Waals surface area contributed by atoms with Gasteiger partial charge in [0.05, 0.1) is 24.8 Å². The van der Waals surface area contributed by atoms with Crippen molar-refractivity contribution in [1.29, 1.82) is 0 Å².